The molecule has 1 fully saturated rings. The van der Waals surface area contributed by atoms with Crippen molar-refractivity contribution in [3.05, 3.63) is 12.1 Å². The topological polar surface area (TPSA) is 85.5 Å². The zero-order valence-electron chi connectivity index (χ0n) is 12.2. The Morgan fingerprint density at radius 3 is 2.57 bits per heavy atom. The molecule has 3 rings (SSSR count). The summed E-state index contributed by atoms with van der Waals surface area (Å²) >= 11 is 0. The van der Waals surface area contributed by atoms with Crippen LogP contribution in [0, 0.1) is 0 Å². The van der Waals surface area contributed by atoms with Crippen LogP contribution < -0.4 is 25.4 Å². The monoisotopic (exact) mass is 289 g/mol. The predicted molar refractivity (Wildman–Crippen MR) is 82.1 cm³/mol. The van der Waals surface area contributed by atoms with Gasteiger partial charge in [-0.3, -0.25) is 0 Å². The van der Waals surface area contributed by atoms with Crippen LogP contribution in [-0.4, -0.2) is 50.4 Å². The number of methoxy groups -OCH3 is 2. The number of rotatable bonds is 3. The molecule has 0 spiro atoms. The van der Waals surface area contributed by atoms with Gasteiger partial charge in [0.15, 0.2) is 11.5 Å². The van der Waals surface area contributed by atoms with Gasteiger partial charge in [-0.05, 0) is 12.1 Å². The molecule has 7 heteroatoms. The SMILES string of the molecule is COc1ccc2nc(N3CCNCC3)nc(N)c2c1OC. The van der Waals surface area contributed by atoms with Crippen LogP contribution in [0.4, 0.5) is 11.8 Å². The summed E-state index contributed by atoms with van der Waals surface area (Å²) in [5.74, 6) is 2.26. The number of benzene rings is 1. The summed E-state index contributed by atoms with van der Waals surface area (Å²) in [4.78, 5) is 11.2. The second-order valence-electron chi connectivity index (χ2n) is 4.84. The lowest BCUT2D eigenvalue weighted by Gasteiger charge is -2.27. The number of aromatic nitrogens is 2. The molecule has 0 bridgehead atoms. The first kappa shape index (κ1) is 13.7. The lowest BCUT2D eigenvalue weighted by Crippen LogP contribution is -2.44. The minimum Gasteiger partial charge on any atom is -0.493 e. The highest BCUT2D eigenvalue weighted by atomic mass is 16.5. The quantitative estimate of drug-likeness (QED) is 0.857. The minimum atomic E-state index is 0.407. The van der Waals surface area contributed by atoms with Gasteiger partial charge in [0, 0.05) is 26.2 Å². The van der Waals surface area contributed by atoms with Crippen LogP contribution in [-0.2, 0) is 0 Å². The average molecular weight is 289 g/mol. The number of nitrogens with zero attached hydrogens (tertiary/aromatic N) is 3. The van der Waals surface area contributed by atoms with Crippen molar-refractivity contribution >= 4 is 22.7 Å². The van der Waals surface area contributed by atoms with Gasteiger partial charge in [-0.2, -0.15) is 4.98 Å². The van der Waals surface area contributed by atoms with E-state index in [-0.39, 0.29) is 0 Å². The van der Waals surface area contributed by atoms with E-state index in [0.29, 0.717) is 28.7 Å². The fraction of sp³-hybridized carbons (Fsp3) is 0.429. The molecule has 1 saturated heterocycles. The van der Waals surface area contributed by atoms with Gasteiger partial charge in [0.05, 0.1) is 25.1 Å². The van der Waals surface area contributed by atoms with E-state index in [0.717, 1.165) is 31.7 Å². The Kier molecular flexibility index (Phi) is 3.66. The van der Waals surface area contributed by atoms with Crippen LogP contribution in [0.2, 0.25) is 0 Å². The van der Waals surface area contributed by atoms with Crippen molar-refractivity contribution in [1.82, 2.24) is 15.3 Å². The standard InChI is InChI=1S/C14H19N5O2/c1-20-10-4-3-9-11(12(10)21-2)13(15)18-14(17-9)19-7-5-16-6-8-19/h3-4,16H,5-8H2,1-2H3,(H2,15,17,18). The molecule has 0 unspecified atom stereocenters. The number of piperazine rings is 1. The molecule has 112 valence electrons. The summed E-state index contributed by atoms with van der Waals surface area (Å²) in [5, 5.41) is 4.00. The number of hydrogen-bond acceptors (Lipinski definition) is 7. The van der Waals surface area contributed by atoms with E-state index in [1.807, 2.05) is 12.1 Å². The zero-order chi connectivity index (χ0) is 14.8. The van der Waals surface area contributed by atoms with Crippen molar-refractivity contribution in [3.8, 4) is 11.5 Å². The van der Waals surface area contributed by atoms with Crippen LogP contribution >= 0.6 is 0 Å². The normalized spacial score (nSPS) is 15.2. The van der Waals surface area contributed by atoms with Crippen molar-refractivity contribution in [2.75, 3.05) is 51.0 Å². The second-order valence-corrected chi connectivity index (χ2v) is 4.84. The highest BCUT2D eigenvalue weighted by Gasteiger charge is 2.18. The molecule has 7 nitrogen and oxygen atoms in total. The maximum atomic E-state index is 6.13. The number of nitrogens with one attached hydrogen (secondary N) is 1. The number of nitrogens with two attached hydrogens (primary N) is 1. The molecule has 1 aliphatic heterocycles. The molecule has 0 amide bonds. The molecule has 3 N–H and O–H groups in total. The predicted octanol–water partition coefficient (Wildman–Crippen LogP) is 0.639. The largest absolute Gasteiger partial charge is 0.493 e. The third-order valence-corrected chi connectivity index (χ3v) is 3.62. The summed E-state index contributed by atoms with van der Waals surface area (Å²) in [6.07, 6.45) is 0. The maximum absolute atomic E-state index is 6.13. The molecule has 0 atom stereocenters. The highest BCUT2D eigenvalue weighted by molar-refractivity contribution is 5.96. The molecular weight excluding hydrogens is 270 g/mol. The molecule has 0 saturated carbocycles. The first-order valence-electron chi connectivity index (χ1n) is 6.88. The van der Waals surface area contributed by atoms with Crippen LogP contribution in [0.3, 0.4) is 0 Å². The van der Waals surface area contributed by atoms with Crippen molar-refractivity contribution in [2.45, 2.75) is 0 Å². The van der Waals surface area contributed by atoms with Crippen LogP contribution in [0.15, 0.2) is 12.1 Å². The Morgan fingerprint density at radius 2 is 1.90 bits per heavy atom. The summed E-state index contributed by atoms with van der Waals surface area (Å²) in [6, 6.07) is 3.70. The van der Waals surface area contributed by atoms with Crippen LogP contribution in [0.1, 0.15) is 0 Å². The lowest BCUT2D eigenvalue weighted by atomic mass is 10.2. The molecule has 0 aliphatic carbocycles. The average Bonchev–Trinajstić information content (AvgIpc) is 2.54. The van der Waals surface area contributed by atoms with Crippen LogP contribution in [0.25, 0.3) is 10.9 Å². The van der Waals surface area contributed by atoms with Crippen LogP contribution in [0.5, 0.6) is 11.5 Å². The van der Waals surface area contributed by atoms with Gasteiger partial charge in [0.25, 0.3) is 0 Å². The molecule has 2 heterocycles. The number of fused-ring (bicyclic) bond motifs is 1. The Bertz CT molecular complexity index is 655. The van der Waals surface area contributed by atoms with E-state index in [1.165, 1.54) is 0 Å². The molecule has 1 aromatic heterocycles. The Morgan fingerprint density at radius 1 is 1.14 bits per heavy atom. The van der Waals surface area contributed by atoms with E-state index in [2.05, 4.69) is 20.2 Å². The van der Waals surface area contributed by atoms with Crippen molar-refractivity contribution in [2.24, 2.45) is 0 Å². The van der Waals surface area contributed by atoms with E-state index in [4.69, 9.17) is 15.2 Å². The van der Waals surface area contributed by atoms with Crippen molar-refractivity contribution < 1.29 is 9.47 Å². The number of ether oxygens (including phenoxy) is 2. The van der Waals surface area contributed by atoms with E-state index in [9.17, 15) is 0 Å². The van der Waals surface area contributed by atoms with Gasteiger partial charge in [0.1, 0.15) is 5.82 Å². The number of anilines is 2. The van der Waals surface area contributed by atoms with Gasteiger partial charge >= 0.3 is 0 Å². The van der Waals surface area contributed by atoms with Gasteiger partial charge in [-0.1, -0.05) is 0 Å². The van der Waals surface area contributed by atoms with E-state index < -0.39 is 0 Å². The summed E-state index contributed by atoms with van der Waals surface area (Å²) in [7, 11) is 3.18. The third-order valence-electron chi connectivity index (χ3n) is 3.62. The summed E-state index contributed by atoms with van der Waals surface area (Å²) in [6.45, 7) is 3.59. The highest BCUT2D eigenvalue weighted by Crippen LogP contribution is 2.37. The summed E-state index contributed by atoms with van der Waals surface area (Å²) in [5.41, 5.74) is 6.89. The minimum absolute atomic E-state index is 0.407. The fourth-order valence-corrected chi connectivity index (χ4v) is 2.56. The first-order chi connectivity index (χ1) is 10.2. The molecule has 21 heavy (non-hydrogen) atoms. The van der Waals surface area contributed by atoms with Gasteiger partial charge in [-0.25, -0.2) is 4.98 Å². The fourth-order valence-electron chi connectivity index (χ4n) is 2.56. The Balaban J connectivity index is 2.12. The Labute approximate surface area is 123 Å². The molecule has 1 aliphatic rings. The Hall–Kier alpha value is -2.28. The van der Waals surface area contributed by atoms with Gasteiger partial charge in [-0.15, -0.1) is 0 Å². The second kappa shape index (κ2) is 5.61. The third kappa shape index (κ3) is 2.40. The van der Waals surface area contributed by atoms with E-state index in [1.54, 1.807) is 14.2 Å². The maximum Gasteiger partial charge on any atom is 0.227 e. The number of hydrogen-bond donors (Lipinski definition) is 2. The first-order valence-corrected chi connectivity index (χ1v) is 6.88. The van der Waals surface area contributed by atoms with Gasteiger partial charge in [0.2, 0.25) is 5.95 Å². The molecule has 1 aromatic carbocycles. The molecule has 2 aromatic rings. The van der Waals surface area contributed by atoms with Gasteiger partial charge < -0.3 is 25.4 Å². The molecule has 0 radical (unpaired) electrons. The number of nitrogen functional groups attached to an aromatic ring is 1. The lowest BCUT2D eigenvalue weighted by molar-refractivity contribution is 0.358. The smallest absolute Gasteiger partial charge is 0.227 e. The van der Waals surface area contributed by atoms with Crippen molar-refractivity contribution in [3.63, 3.8) is 0 Å². The van der Waals surface area contributed by atoms with Crippen molar-refractivity contribution in [1.29, 1.82) is 0 Å². The zero-order valence-corrected chi connectivity index (χ0v) is 12.2. The summed E-state index contributed by atoms with van der Waals surface area (Å²) < 4.78 is 10.7. The molecular formula is C14H19N5O2. The van der Waals surface area contributed by atoms with E-state index >= 15 is 0 Å².